The van der Waals surface area contributed by atoms with E-state index in [1.165, 1.54) is 19.3 Å². The second kappa shape index (κ2) is 11.1. The predicted molar refractivity (Wildman–Crippen MR) is 156 cm³/mol. The molecule has 0 aliphatic carbocycles. The molecule has 6 N–H and O–H groups in total. The molecule has 0 amide bonds. The Hall–Kier alpha value is -2.97. The zero-order chi connectivity index (χ0) is 31.8. The van der Waals surface area contributed by atoms with Crippen LogP contribution in [0.3, 0.4) is 0 Å². The van der Waals surface area contributed by atoms with E-state index in [0.717, 1.165) is 10.9 Å². The molecule has 3 aliphatic rings. The maximum Gasteiger partial charge on any atom is 0.328 e. The van der Waals surface area contributed by atoms with Crippen LogP contribution in [0.2, 0.25) is 0 Å². The number of aromatic amines is 1. The Kier molecular flexibility index (Phi) is 7.55. The Morgan fingerprint density at radius 2 is 1.67 bits per heavy atom. The Balaban J connectivity index is 1.17. The highest BCUT2D eigenvalue weighted by Gasteiger charge is 2.52. The summed E-state index contributed by atoms with van der Waals surface area (Å²) in [6.07, 6.45) is -4.96. The quantitative estimate of drug-likeness (QED) is 0.212. The number of H-pyrrole nitrogens is 1. The first-order chi connectivity index (χ1) is 21.3. The molecule has 45 heavy (non-hydrogen) atoms. The topological polar surface area (TPSA) is 252 Å². The van der Waals surface area contributed by atoms with Crippen LogP contribution in [0, 0.1) is 5.92 Å². The van der Waals surface area contributed by atoms with Crippen LogP contribution in [0.4, 0.5) is 16.2 Å². The van der Waals surface area contributed by atoms with E-state index in [4.69, 9.17) is 50.8 Å². The van der Waals surface area contributed by atoms with Gasteiger partial charge in [0.05, 0.1) is 25.9 Å². The van der Waals surface area contributed by atoms with E-state index >= 15 is 4.39 Å². The number of alkyl halides is 1. The Labute approximate surface area is 257 Å². The zero-order valence-corrected chi connectivity index (χ0v) is 26.0. The van der Waals surface area contributed by atoms with Crippen LogP contribution in [0.25, 0.3) is 22.3 Å². The molecule has 1 unspecified atom stereocenters. The lowest BCUT2D eigenvalue weighted by atomic mass is 10.0. The molecular formula is C22H27FN10O9P2S. The van der Waals surface area contributed by atoms with Gasteiger partial charge >= 0.3 is 14.3 Å². The number of hydrogen-bond donors (Lipinski definition) is 4. The van der Waals surface area contributed by atoms with E-state index in [0.29, 0.717) is 11.2 Å². The minimum absolute atomic E-state index is 0.0537. The molecule has 3 saturated heterocycles. The number of nitrogens with two attached hydrogens (primary N) is 2. The number of nitrogens with zero attached hydrogens (tertiary/aromatic N) is 7. The van der Waals surface area contributed by atoms with Crippen molar-refractivity contribution in [2.24, 2.45) is 5.92 Å². The van der Waals surface area contributed by atoms with E-state index in [2.05, 4.69) is 29.9 Å². The molecule has 242 valence electrons. The van der Waals surface area contributed by atoms with Crippen molar-refractivity contribution in [3.05, 3.63) is 29.3 Å². The number of hydrogen-bond acceptors (Lipinski definition) is 16. The molecule has 3 fully saturated rings. The molecule has 23 heteroatoms. The number of aromatic nitrogens is 8. The van der Waals surface area contributed by atoms with E-state index < -0.39 is 75.4 Å². The van der Waals surface area contributed by atoms with Gasteiger partial charge < -0.3 is 39.4 Å². The van der Waals surface area contributed by atoms with E-state index in [1.807, 2.05) is 0 Å². The Bertz CT molecular complexity index is 1940. The number of fused-ring (bicyclic) bond motifs is 4. The second-order valence-corrected chi connectivity index (χ2v) is 15.6. The molecule has 4 aromatic rings. The first kappa shape index (κ1) is 30.7. The molecule has 3 aliphatic heterocycles. The summed E-state index contributed by atoms with van der Waals surface area (Å²) in [5.41, 5.74) is 11.6. The summed E-state index contributed by atoms with van der Waals surface area (Å²) in [6.45, 7) is -1.94. The molecule has 0 bridgehead atoms. The summed E-state index contributed by atoms with van der Waals surface area (Å²) in [6, 6.07) is 0. The molecule has 7 heterocycles. The summed E-state index contributed by atoms with van der Waals surface area (Å²) >= 11 is 5.32. The second-order valence-electron chi connectivity index (χ2n) is 10.8. The van der Waals surface area contributed by atoms with Crippen LogP contribution in [-0.2, 0) is 43.9 Å². The van der Waals surface area contributed by atoms with Gasteiger partial charge in [-0.05, 0) is 11.8 Å². The lowest BCUT2D eigenvalue weighted by Gasteiger charge is -2.30. The SMILES string of the molecule is C[C@@H]1[C@@H]2OP(O)(=S)OC[C@H]3O[C@@H](n4cnc5c(=O)[nH]c(N)nc54)[C@H](F)[C@@H]3O[P@@](C)(=O)OC[C@H]2O[C@H]1n1cnc2c(N)ncnc21. The molecule has 0 saturated carbocycles. The van der Waals surface area contributed by atoms with Crippen molar-refractivity contribution in [3.63, 3.8) is 0 Å². The largest absolute Gasteiger partial charge is 0.382 e. The Morgan fingerprint density at radius 3 is 2.44 bits per heavy atom. The summed E-state index contributed by atoms with van der Waals surface area (Å²) in [4.78, 5) is 46.2. The van der Waals surface area contributed by atoms with Gasteiger partial charge in [-0.25, -0.2) is 24.3 Å². The van der Waals surface area contributed by atoms with Crippen LogP contribution in [0.15, 0.2) is 23.8 Å². The standard InChI is InChI=1S/C22H27FN10O9P2S/c1-8-14-9(39-20(8)32-6-28-12-16(24)26-5-27-17(12)32)3-37-43(2,35)41-15-10(4-38-44(36,45)42-14)40-21(11(15)23)33-7-29-13-18(33)30-22(25)31-19(13)34/h5-11,14-15,20-21H,3-4H2,1-2H3,(H,36,45)(H2,24,26,27)(H3,25,30,31,34)/t8-,9-,10-,11-,14+,15-,20-,21-,43+,44?/m1/s1. The fourth-order valence-electron chi connectivity index (χ4n) is 5.67. The first-order valence-corrected chi connectivity index (χ1v) is 18.1. The average Bonchev–Trinajstić information content (AvgIpc) is 3.72. The monoisotopic (exact) mass is 688 g/mol. The molecule has 4 aromatic heterocycles. The van der Waals surface area contributed by atoms with Crippen molar-refractivity contribution in [1.82, 2.24) is 39.0 Å². The minimum Gasteiger partial charge on any atom is -0.382 e. The lowest BCUT2D eigenvalue weighted by Crippen LogP contribution is -2.36. The van der Waals surface area contributed by atoms with Gasteiger partial charge in [-0.2, -0.15) is 4.98 Å². The maximum absolute atomic E-state index is 16.1. The van der Waals surface area contributed by atoms with Crippen molar-refractivity contribution in [2.45, 2.75) is 50.0 Å². The molecule has 0 aromatic carbocycles. The van der Waals surface area contributed by atoms with Crippen LogP contribution < -0.4 is 17.0 Å². The van der Waals surface area contributed by atoms with Crippen LogP contribution in [0.1, 0.15) is 19.4 Å². The average molecular weight is 689 g/mol. The zero-order valence-electron chi connectivity index (χ0n) is 23.4. The summed E-state index contributed by atoms with van der Waals surface area (Å²) in [7, 11) is -4.00. The van der Waals surface area contributed by atoms with Crippen molar-refractivity contribution < 1.29 is 41.4 Å². The number of nitrogens with one attached hydrogen (secondary N) is 1. The number of rotatable bonds is 2. The highest BCUT2D eigenvalue weighted by Crippen LogP contribution is 2.55. The highest BCUT2D eigenvalue weighted by molar-refractivity contribution is 8.07. The van der Waals surface area contributed by atoms with Gasteiger partial charge in [0.2, 0.25) is 5.95 Å². The fraction of sp³-hybridized carbons (Fsp3) is 0.545. The van der Waals surface area contributed by atoms with Crippen molar-refractivity contribution in [1.29, 1.82) is 0 Å². The van der Waals surface area contributed by atoms with E-state index in [9.17, 15) is 14.3 Å². The molecular weight excluding hydrogens is 661 g/mol. The third-order valence-corrected chi connectivity index (χ3v) is 10.5. The van der Waals surface area contributed by atoms with Gasteiger partial charge in [-0.3, -0.25) is 28.0 Å². The van der Waals surface area contributed by atoms with Crippen molar-refractivity contribution >= 4 is 60.2 Å². The van der Waals surface area contributed by atoms with Crippen molar-refractivity contribution in [2.75, 3.05) is 31.3 Å². The third kappa shape index (κ3) is 5.46. The molecule has 0 spiro atoms. The first-order valence-electron chi connectivity index (χ1n) is 13.5. The number of ether oxygens (including phenoxy) is 2. The third-order valence-electron chi connectivity index (χ3n) is 7.74. The van der Waals surface area contributed by atoms with Crippen molar-refractivity contribution in [3.8, 4) is 0 Å². The van der Waals surface area contributed by atoms with E-state index in [-0.39, 0.29) is 29.5 Å². The lowest BCUT2D eigenvalue weighted by molar-refractivity contribution is -0.0573. The van der Waals surface area contributed by atoms with E-state index in [1.54, 1.807) is 11.5 Å². The summed E-state index contributed by atoms with van der Waals surface area (Å²) in [5, 5.41) is 0. The smallest absolute Gasteiger partial charge is 0.328 e. The normalized spacial score (nSPS) is 37.7. The predicted octanol–water partition coefficient (Wildman–Crippen LogP) is 0.750. The fourth-order valence-corrected chi connectivity index (χ4v) is 8.36. The maximum atomic E-state index is 16.1. The van der Waals surface area contributed by atoms with Gasteiger partial charge in [0, 0.05) is 12.6 Å². The summed E-state index contributed by atoms with van der Waals surface area (Å²) in [5.74, 6) is -0.547. The van der Waals surface area contributed by atoms with Gasteiger partial charge in [0.15, 0.2) is 35.0 Å². The number of anilines is 2. The van der Waals surface area contributed by atoms with Gasteiger partial charge in [-0.15, -0.1) is 0 Å². The number of halogens is 1. The minimum atomic E-state index is -4.03. The van der Waals surface area contributed by atoms with Gasteiger partial charge in [-0.1, -0.05) is 6.92 Å². The molecule has 10 atom stereocenters. The van der Waals surface area contributed by atoms with Crippen LogP contribution in [-0.4, -0.2) is 94.4 Å². The molecule has 19 nitrogen and oxygen atoms in total. The van der Waals surface area contributed by atoms with Crippen LogP contribution >= 0.6 is 14.3 Å². The Morgan fingerprint density at radius 1 is 1.00 bits per heavy atom. The van der Waals surface area contributed by atoms with Crippen LogP contribution in [0.5, 0.6) is 0 Å². The molecule has 7 rings (SSSR count). The number of nitrogen functional groups attached to an aromatic ring is 2. The molecule has 0 radical (unpaired) electrons. The van der Waals surface area contributed by atoms with Gasteiger partial charge in [0.1, 0.15) is 42.5 Å². The highest BCUT2D eigenvalue weighted by atomic mass is 32.5. The van der Waals surface area contributed by atoms with Gasteiger partial charge in [0.25, 0.3) is 5.56 Å². The summed E-state index contributed by atoms with van der Waals surface area (Å²) < 4.78 is 67.5. The number of imidazole rings is 2.